The van der Waals surface area contributed by atoms with Crippen LogP contribution in [0.5, 0.6) is 0 Å². The third-order valence-electron chi connectivity index (χ3n) is 0.940. The Labute approximate surface area is 129 Å². The molecule has 0 atom stereocenters. The molecule has 0 aromatic heterocycles. The van der Waals surface area contributed by atoms with Crippen molar-refractivity contribution in [1.29, 1.82) is 0 Å². The van der Waals surface area contributed by atoms with Crippen LogP contribution in [0.4, 0.5) is 8.22 Å². The van der Waals surface area contributed by atoms with Crippen molar-refractivity contribution >= 4 is 14.7 Å². The standard InChI is InChI=1S/C5H5F2Si.3C2H6O.Hf/c6-8(7)5-3-1-2-4-5;3*1-2-3;/h1-4,8H;3*3H,2H2,1H3;/q-1;;;;. The molecular weight excluding hydrogens is 425 g/mol. The Balaban J connectivity index is -0.0000000840. The van der Waals surface area contributed by atoms with Gasteiger partial charge in [-0.05, 0) is 20.8 Å². The van der Waals surface area contributed by atoms with Gasteiger partial charge in [-0.25, -0.2) is 12.1 Å². The van der Waals surface area contributed by atoms with Crippen molar-refractivity contribution in [2.24, 2.45) is 0 Å². The van der Waals surface area contributed by atoms with E-state index in [-0.39, 0.29) is 50.9 Å². The molecule has 0 radical (unpaired) electrons. The first-order chi connectivity index (χ1) is 8.05. The van der Waals surface area contributed by atoms with Gasteiger partial charge < -0.3 is 15.3 Å². The van der Waals surface area contributed by atoms with Crippen LogP contribution in [0.2, 0.25) is 0 Å². The minimum atomic E-state index is -3.48. The zero-order valence-corrected chi connectivity index (χ0v) is 15.9. The molecule has 0 aliphatic heterocycles. The SMILES string of the molecule is CCO.CCO.CCO.F[SiH](F)[c-]1cccc1.[Hf]. The summed E-state index contributed by atoms with van der Waals surface area (Å²) in [4.78, 5) is 0. The second-order valence-electron chi connectivity index (χ2n) is 2.47. The first-order valence-corrected chi connectivity index (χ1v) is 6.82. The van der Waals surface area contributed by atoms with Crippen LogP contribution in [-0.4, -0.2) is 44.6 Å². The fraction of sp³-hybridized carbons (Fsp3) is 0.545. The molecule has 0 unspecified atom stereocenters. The van der Waals surface area contributed by atoms with E-state index < -0.39 is 9.46 Å². The van der Waals surface area contributed by atoms with Crippen molar-refractivity contribution in [2.75, 3.05) is 19.8 Å². The summed E-state index contributed by atoms with van der Waals surface area (Å²) in [5.74, 6) is 0. The van der Waals surface area contributed by atoms with Crippen LogP contribution in [0.3, 0.4) is 0 Å². The predicted octanol–water partition coefficient (Wildman–Crippen LogP) is 0.765. The molecule has 0 saturated heterocycles. The summed E-state index contributed by atoms with van der Waals surface area (Å²) in [6.45, 7) is 5.79. The third-order valence-corrected chi connectivity index (χ3v) is 1.83. The zero-order valence-electron chi connectivity index (χ0n) is 11.1. The van der Waals surface area contributed by atoms with E-state index >= 15 is 0 Å². The van der Waals surface area contributed by atoms with Crippen LogP contribution in [0.25, 0.3) is 0 Å². The molecule has 0 saturated carbocycles. The maximum Gasteiger partial charge on any atom is 0.387 e. The molecule has 0 amide bonds. The van der Waals surface area contributed by atoms with Crippen molar-refractivity contribution in [3.05, 3.63) is 24.3 Å². The molecule has 0 aliphatic carbocycles. The maximum absolute atomic E-state index is 11.7. The van der Waals surface area contributed by atoms with E-state index in [1.54, 1.807) is 32.9 Å². The van der Waals surface area contributed by atoms with Crippen LogP contribution < -0.4 is 5.19 Å². The summed E-state index contributed by atoms with van der Waals surface area (Å²) >= 11 is 0. The monoisotopic (exact) mass is 449 g/mol. The maximum atomic E-state index is 11.7. The average Bonchev–Trinajstić information content (AvgIpc) is 2.73. The molecule has 108 valence electrons. The van der Waals surface area contributed by atoms with E-state index in [2.05, 4.69) is 0 Å². The molecule has 1 rings (SSSR count). The van der Waals surface area contributed by atoms with Gasteiger partial charge in [0.2, 0.25) is 0 Å². The summed E-state index contributed by atoms with van der Waals surface area (Å²) in [6, 6.07) is 6.21. The Kier molecular flexibility index (Phi) is 38.4. The van der Waals surface area contributed by atoms with Crippen LogP contribution in [0, 0.1) is 0 Å². The Hall–Kier alpha value is 0.177. The minimum absolute atomic E-state index is 0. The second kappa shape index (κ2) is 25.9. The van der Waals surface area contributed by atoms with Gasteiger partial charge in [-0.1, -0.05) is 0 Å². The molecule has 1 aromatic rings. The molecule has 7 heteroatoms. The largest absolute Gasteiger partial charge is 0.397 e. The smallest absolute Gasteiger partial charge is 0.387 e. The number of rotatable bonds is 1. The Morgan fingerprint density at radius 2 is 1.11 bits per heavy atom. The van der Waals surface area contributed by atoms with E-state index in [4.69, 9.17) is 15.3 Å². The van der Waals surface area contributed by atoms with Crippen LogP contribution >= 0.6 is 0 Å². The van der Waals surface area contributed by atoms with Gasteiger partial charge >= 0.3 is 9.46 Å². The van der Waals surface area contributed by atoms with E-state index in [0.717, 1.165) is 0 Å². The van der Waals surface area contributed by atoms with Gasteiger partial charge in [0.15, 0.2) is 0 Å². The van der Waals surface area contributed by atoms with Crippen molar-refractivity contribution in [3.63, 3.8) is 0 Å². The van der Waals surface area contributed by atoms with Crippen molar-refractivity contribution < 1.29 is 49.4 Å². The van der Waals surface area contributed by atoms with Crippen molar-refractivity contribution in [3.8, 4) is 0 Å². The Morgan fingerprint density at radius 1 is 0.889 bits per heavy atom. The number of aliphatic hydroxyl groups excluding tert-OH is 3. The van der Waals surface area contributed by atoms with Gasteiger partial charge in [0, 0.05) is 45.7 Å². The topological polar surface area (TPSA) is 60.7 Å². The van der Waals surface area contributed by atoms with Crippen molar-refractivity contribution in [1.82, 2.24) is 0 Å². The Morgan fingerprint density at radius 3 is 1.22 bits per heavy atom. The molecule has 0 bridgehead atoms. The molecular formula is C11H23F2HfO3Si-. The quantitative estimate of drug-likeness (QED) is 0.338. The van der Waals surface area contributed by atoms with Gasteiger partial charge in [-0.2, -0.15) is 12.1 Å². The van der Waals surface area contributed by atoms with E-state index in [0.29, 0.717) is 0 Å². The second-order valence-corrected chi connectivity index (χ2v) is 3.74. The molecule has 3 N–H and O–H groups in total. The summed E-state index contributed by atoms with van der Waals surface area (Å²) < 4.78 is 23.5. The summed E-state index contributed by atoms with van der Waals surface area (Å²) in [5, 5.41) is 22.9. The molecule has 0 heterocycles. The normalized spacial score (nSPS) is 7.61. The number of hydrogen-bond acceptors (Lipinski definition) is 3. The molecule has 0 fully saturated rings. The fourth-order valence-electron chi connectivity index (χ4n) is 0.534. The van der Waals surface area contributed by atoms with E-state index in [1.807, 2.05) is 0 Å². The average molecular weight is 448 g/mol. The van der Waals surface area contributed by atoms with Gasteiger partial charge in [-0.3, -0.25) is 8.22 Å². The summed E-state index contributed by atoms with van der Waals surface area (Å²) in [6.07, 6.45) is 0. The third kappa shape index (κ3) is 29.8. The number of aliphatic hydroxyl groups is 3. The zero-order chi connectivity index (χ0) is 14.1. The van der Waals surface area contributed by atoms with Gasteiger partial charge in [0.05, 0.1) is 0 Å². The fourth-order valence-corrected chi connectivity index (χ4v) is 1.05. The molecule has 3 nitrogen and oxygen atoms in total. The summed E-state index contributed by atoms with van der Waals surface area (Å²) in [7, 11) is -3.48. The number of halogens is 2. The van der Waals surface area contributed by atoms with Gasteiger partial charge in [0.25, 0.3) is 0 Å². The molecule has 1 aromatic carbocycles. The Bertz CT molecular complexity index is 195. The predicted molar refractivity (Wildman–Crippen MR) is 69.3 cm³/mol. The molecule has 18 heavy (non-hydrogen) atoms. The number of hydrogen-bond donors (Lipinski definition) is 3. The first kappa shape index (κ1) is 26.7. The van der Waals surface area contributed by atoms with Crippen LogP contribution in [-0.2, 0) is 25.8 Å². The van der Waals surface area contributed by atoms with Crippen LogP contribution in [0.15, 0.2) is 24.3 Å². The van der Waals surface area contributed by atoms with Crippen molar-refractivity contribution in [2.45, 2.75) is 20.8 Å². The molecule has 0 spiro atoms. The first-order valence-electron chi connectivity index (χ1n) is 5.37. The minimum Gasteiger partial charge on any atom is -0.397 e. The van der Waals surface area contributed by atoms with Gasteiger partial charge in [0.1, 0.15) is 0 Å². The van der Waals surface area contributed by atoms with E-state index in [1.165, 1.54) is 12.1 Å². The summed E-state index contributed by atoms with van der Waals surface area (Å²) in [5.41, 5.74) is 0. The molecule has 0 aliphatic rings. The van der Waals surface area contributed by atoms with E-state index in [9.17, 15) is 8.22 Å². The van der Waals surface area contributed by atoms with Gasteiger partial charge in [-0.15, -0.1) is 5.19 Å². The van der Waals surface area contributed by atoms with Crippen LogP contribution in [0.1, 0.15) is 20.8 Å².